The summed E-state index contributed by atoms with van der Waals surface area (Å²) in [5.74, 6) is 0.612. The molecule has 0 spiro atoms. The first-order valence-electron chi connectivity index (χ1n) is 5.03. The predicted molar refractivity (Wildman–Crippen MR) is 65.1 cm³/mol. The van der Waals surface area contributed by atoms with Gasteiger partial charge in [-0.15, -0.1) is 0 Å². The summed E-state index contributed by atoms with van der Waals surface area (Å²) in [4.78, 5) is 0. The van der Waals surface area contributed by atoms with Gasteiger partial charge in [-0.25, -0.2) is 0 Å². The Morgan fingerprint density at radius 1 is 1.47 bits per heavy atom. The van der Waals surface area contributed by atoms with Crippen LogP contribution in [0.25, 0.3) is 0 Å². The van der Waals surface area contributed by atoms with Gasteiger partial charge in [0.2, 0.25) is 0 Å². The number of phenols is 1. The van der Waals surface area contributed by atoms with Crippen LogP contribution in [0, 0.1) is 5.92 Å². The molecular weight excluding hydrogens is 277 g/mol. The van der Waals surface area contributed by atoms with Crippen LogP contribution in [-0.4, -0.2) is 5.11 Å². The van der Waals surface area contributed by atoms with Crippen LogP contribution in [0.4, 0.5) is 0 Å². The van der Waals surface area contributed by atoms with Crippen molar-refractivity contribution < 1.29 is 5.11 Å². The molecule has 1 fully saturated rings. The summed E-state index contributed by atoms with van der Waals surface area (Å²) < 4.78 is 0.857. The first kappa shape index (κ1) is 11.2. The van der Waals surface area contributed by atoms with Gasteiger partial charge >= 0.3 is 0 Å². The maximum Gasteiger partial charge on any atom is 0.139 e. The van der Waals surface area contributed by atoms with Crippen LogP contribution < -0.4 is 5.73 Å². The van der Waals surface area contributed by atoms with Gasteiger partial charge in [-0.3, -0.25) is 0 Å². The monoisotopic (exact) mass is 289 g/mol. The van der Waals surface area contributed by atoms with Gasteiger partial charge in [0.25, 0.3) is 0 Å². The van der Waals surface area contributed by atoms with Crippen LogP contribution in [0.3, 0.4) is 0 Å². The Morgan fingerprint density at radius 3 is 2.67 bits per heavy atom. The molecule has 1 saturated carbocycles. The molecule has 3 N–H and O–H groups in total. The molecule has 2 nitrogen and oxygen atoms in total. The number of hydrogen-bond acceptors (Lipinski definition) is 2. The first-order valence-corrected chi connectivity index (χ1v) is 6.20. The van der Waals surface area contributed by atoms with Gasteiger partial charge in [0.1, 0.15) is 5.75 Å². The quantitative estimate of drug-likeness (QED) is 0.874. The maximum absolute atomic E-state index is 9.83. The third-order valence-corrected chi connectivity index (χ3v) is 3.82. The normalized spacial score (nSPS) is 18.6. The molecule has 0 unspecified atom stereocenters. The molecule has 82 valence electrons. The van der Waals surface area contributed by atoms with Gasteiger partial charge in [-0.1, -0.05) is 34.0 Å². The van der Waals surface area contributed by atoms with E-state index >= 15 is 0 Å². The van der Waals surface area contributed by atoms with Gasteiger partial charge in [0, 0.05) is 16.1 Å². The van der Waals surface area contributed by atoms with Crippen LogP contribution in [0.15, 0.2) is 16.6 Å². The molecule has 1 atom stereocenters. The Morgan fingerprint density at radius 2 is 2.13 bits per heavy atom. The summed E-state index contributed by atoms with van der Waals surface area (Å²) in [5.41, 5.74) is 6.85. The largest absolute Gasteiger partial charge is 0.506 e. The lowest BCUT2D eigenvalue weighted by Crippen LogP contribution is -2.26. The molecule has 1 aromatic carbocycles. The predicted octanol–water partition coefficient (Wildman–Crippen LogP) is 3.61. The van der Waals surface area contributed by atoms with E-state index in [-0.39, 0.29) is 11.8 Å². The van der Waals surface area contributed by atoms with Crippen LogP contribution in [0.2, 0.25) is 5.02 Å². The van der Waals surface area contributed by atoms with Gasteiger partial charge in [-0.05, 0) is 30.9 Å². The van der Waals surface area contributed by atoms with Crippen LogP contribution in [0.5, 0.6) is 5.75 Å². The summed E-state index contributed by atoms with van der Waals surface area (Å²) >= 11 is 9.25. The fourth-order valence-corrected chi connectivity index (χ4v) is 2.73. The van der Waals surface area contributed by atoms with Crippen molar-refractivity contribution in [1.29, 1.82) is 0 Å². The molecule has 0 aromatic heterocycles. The van der Waals surface area contributed by atoms with E-state index in [4.69, 9.17) is 17.3 Å². The summed E-state index contributed by atoms with van der Waals surface area (Å²) in [6.07, 6.45) is 3.52. The van der Waals surface area contributed by atoms with E-state index in [1.807, 2.05) is 6.07 Å². The molecular formula is C11H13BrClNO. The highest BCUT2D eigenvalue weighted by Gasteiger charge is 2.28. The third kappa shape index (κ3) is 2.14. The Labute approximate surface area is 103 Å². The number of aromatic hydroxyl groups is 1. The molecule has 4 heteroatoms. The highest BCUT2D eigenvalue weighted by Crippen LogP contribution is 2.42. The Bertz CT molecular complexity index is 379. The number of benzene rings is 1. The molecule has 15 heavy (non-hydrogen) atoms. The maximum atomic E-state index is 9.83. The SMILES string of the molecule is N[C@@H](c1cc(Br)cc(Cl)c1O)C1CCC1. The molecule has 0 saturated heterocycles. The van der Waals surface area contributed by atoms with Crippen LogP contribution >= 0.6 is 27.5 Å². The lowest BCUT2D eigenvalue weighted by Gasteiger charge is -2.32. The fourth-order valence-electron chi connectivity index (χ4n) is 1.89. The minimum absolute atomic E-state index is 0.103. The molecule has 2 rings (SSSR count). The van der Waals surface area contributed by atoms with Gasteiger partial charge in [0.15, 0.2) is 0 Å². The lowest BCUT2D eigenvalue weighted by molar-refractivity contribution is 0.260. The fraction of sp³-hybridized carbons (Fsp3) is 0.455. The zero-order valence-corrected chi connectivity index (χ0v) is 10.6. The molecule has 0 amide bonds. The molecule has 1 aliphatic rings. The smallest absolute Gasteiger partial charge is 0.139 e. The minimum atomic E-state index is -0.103. The second-order valence-electron chi connectivity index (χ2n) is 4.04. The van der Waals surface area contributed by atoms with Crippen molar-refractivity contribution >= 4 is 27.5 Å². The Hall–Kier alpha value is -0.250. The lowest BCUT2D eigenvalue weighted by atomic mass is 9.77. The van der Waals surface area contributed by atoms with E-state index < -0.39 is 0 Å². The third-order valence-electron chi connectivity index (χ3n) is 3.07. The number of nitrogens with two attached hydrogens (primary N) is 1. The number of phenolic OH excluding ortho intramolecular Hbond substituents is 1. The summed E-state index contributed by atoms with van der Waals surface area (Å²) in [6, 6.07) is 3.42. The van der Waals surface area contributed by atoms with Crippen LogP contribution in [-0.2, 0) is 0 Å². The van der Waals surface area contributed by atoms with Crippen molar-refractivity contribution in [1.82, 2.24) is 0 Å². The summed E-state index contributed by atoms with van der Waals surface area (Å²) in [6.45, 7) is 0. The van der Waals surface area contributed by atoms with Gasteiger partial charge in [0.05, 0.1) is 5.02 Å². The number of halogens is 2. The highest BCUT2D eigenvalue weighted by atomic mass is 79.9. The first-order chi connectivity index (χ1) is 7.09. The number of rotatable bonds is 2. The van der Waals surface area contributed by atoms with E-state index in [2.05, 4.69) is 15.9 Å². The molecule has 1 aliphatic carbocycles. The van der Waals surface area contributed by atoms with E-state index in [0.29, 0.717) is 10.9 Å². The second kappa shape index (κ2) is 4.32. The number of hydrogen-bond donors (Lipinski definition) is 2. The van der Waals surface area contributed by atoms with E-state index in [1.165, 1.54) is 6.42 Å². The standard InChI is InChI=1S/C11H13BrClNO/c12-7-4-8(11(15)9(13)5-7)10(14)6-2-1-3-6/h4-6,10,15H,1-3,14H2/t10-/m1/s1. The van der Waals surface area contributed by atoms with Gasteiger partial charge < -0.3 is 10.8 Å². The summed E-state index contributed by atoms with van der Waals surface area (Å²) in [5, 5.41) is 10.2. The van der Waals surface area contributed by atoms with E-state index in [1.54, 1.807) is 6.07 Å². The zero-order chi connectivity index (χ0) is 11.0. The topological polar surface area (TPSA) is 46.2 Å². The average molecular weight is 291 g/mol. The van der Waals surface area contributed by atoms with E-state index in [0.717, 1.165) is 22.9 Å². The molecule has 0 aliphatic heterocycles. The van der Waals surface area contributed by atoms with Crippen molar-refractivity contribution in [3.63, 3.8) is 0 Å². The minimum Gasteiger partial charge on any atom is -0.506 e. The van der Waals surface area contributed by atoms with E-state index in [9.17, 15) is 5.11 Å². The summed E-state index contributed by atoms with van der Waals surface area (Å²) in [7, 11) is 0. The average Bonchev–Trinajstić information content (AvgIpc) is 2.08. The molecule has 0 radical (unpaired) electrons. The van der Waals surface area contributed by atoms with Crippen LogP contribution in [0.1, 0.15) is 30.9 Å². The molecule has 1 aromatic rings. The molecule has 0 bridgehead atoms. The van der Waals surface area contributed by atoms with Crippen molar-refractivity contribution in [2.24, 2.45) is 11.7 Å². The van der Waals surface area contributed by atoms with Crippen molar-refractivity contribution in [3.05, 3.63) is 27.2 Å². The van der Waals surface area contributed by atoms with Gasteiger partial charge in [-0.2, -0.15) is 0 Å². The highest BCUT2D eigenvalue weighted by molar-refractivity contribution is 9.10. The van der Waals surface area contributed by atoms with Crippen molar-refractivity contribution in [3.8, 4) is 5.75 Å². The zero-order valence-electron chi connectivity index (χ0n) is 8.21. The Balaban J connectivity index is 2.33. The molecule has 0 heterocycles. The Kier molecular flexibility index (Phi) is 3.24. The second-order valence-corrected chi connectivity index (χ2v) is 5.37. The van der Waals surface area contributed by atoms with Crippen molar-refractivity contribution in [2.75, 3.05) is 0 Å². The van der Waals surface area contributed by atoms with Crippen molar-refractivity contribution in [2.45, 2.75) is 25.3 Å².